The molecule has 1 aromatic heterocycles. The highest BCUT2D eigenvalue weighted by atomic mass is 19.4. The molecule has 128 valence electrons. The van der Waals surface area contributed by atoms with Gasteiger partial charge in [-0.1, -0.05) is 6.92 Å². The molecular formula is C16H16F3N3O2. The van der Waals surface area contributed by atoms with Crippen LogP contribution in [-0.2, 0) is 6.18 Å². The van der Waals surface area contributed by atoms with E-state index in [1.54, 1.807) is 12.1 Å². The SMILES string of the molecule is CCCOc1ccc(/C=N/Nc2ccc(C(F)(F)F)cn2)c(O)c1. The maximum absolute atomic E-state index is 12.4. The minimum atomic E-state index is -4.43. The van der Waals surface area contributed by atoms with Gasteiger partial charge in [-0.3, -0.25) is 5.43 Å². The van der Waals surface area contributed by atoms with Crippen LogP contribution in [0.5, 0.6) is 11.5 Å². The lowest BCUT2D eigenvalue weighted by Gasteiger charge is -2.07. The van der Waals surface area contributed by atoms with Crippen LogP contribution in [0.2, 0.25) is 0 Å². The Kier molecular flexibility index (Phi) is 5.62. The highest BCUT2D eigenvalue weighted by Crippen LogP contribution is 2.28. The lowest BCUT2D eigenvalue weighted by Crippen LogP contribution is -2.05. The molecule has 0 fully saturated rings. The maximum atomic E-state index is 12.4. The molecule has 0 atom stereocenters. The van der Waals surface area contributed by atoms with E-state index in [1.807, 2.05) is 6.92 Å². The summed E-state index contributed by atoms with van der Waals surface area (Å²) in [6, 6.07) is 6.84. The summed E-state index contributed by atoms with van der Waals surface area (Å²) in [6.45, 7) is 2.52. The van der Waals surface area contributed by atoms with E-state index in [0.29, 0.717) is 17.9 Å². The number of ether oxygens (including phenoxy) is 1. The summed E-state index contributed by atoms with van der Waals surface area (Å²) in [5, 5.41) is 13.7. The highest BCUT2D eigenvalue weighted by molar-refractivity contribution is 5.84. The number of hydrogen-bond acceptors (Lipinski definition) is 5. The zero-order valence-corrected chi connectivity index (χ0v) is 12.8. The molecule has 1 heterocycles. The van der Waals surface area contributed by atoms with Gasteiger partial charge in [0.05, 0.1) is 18.4 Å². The Labute approximate surface area is 136 Å². The van der Waals surface area contributed by atoms with Crippen molar-refractivity contribution in [3.05, 3.63) is 47.7 Å². The number of anilines is 1. The number of phenols is 1. The molecule has 0 saturated heterocycles. The number of nitrogens with one attached hydrogen (secondary N) is 1. The van der Waals surface area contributed by atoms with Crippen molar-refractivity contribution in [3.63, 3.8) is 0 Å². The van der Waals surface area contributed by atoms with Gasteiger partial charge < -0.3 is 9.84 Å². The van der Waals surface area contributed by atoms with E-state index in [-0.39, 0.29) is 11.6 Å². The van der Waals surface area contributed by atoms with Gasteiger partial charge in [-0.05, 0) is 30.7 Å². The van der Waals surface area contributed by atoms with Gasteiger partial charge in [-0.15, -0.1) is 0 Å². The average molecular weight is 339 g/mol. The number of aromatic hydroxyl groups is 1. The molecule has 0 aliphatic heterocycles. The summed E-state index contributed by atoms with van der Waals surface area (Å²) in [5.41, 5.74) is 2.09. The first-order chi connectivity index (χ1) is 11.4. The van der Waals surface area contributed by atoms with E-state index >= 15 is 0 Å². The predicted octanol–water partition coefficient (Wildman–Crippen LogP) is 4.04. The number of rotatable bonds is 6. The molecule has 24 heavy (non-hydrogen) atoms. The highest BCUT2D eigenvalue weighted by Gasteiger charge is 2.30. The molecule has 0 aliphatic carbocycles. The van der Waals surface area contributed by atoms with Gasteiger partial charge in [0, 0.05) is 17.8 Å². The van der Waals surface area contributed by atoms with Gasteiger partial charge in [-0.2, -0.15) is 18.3 Å². The molecule has 0 spiro atoms. The zero-order valence-electron chi connectivity index (χ0n) is 12.8. The second kappa shape index (κ2) is 7.67. The van der Waals surface area contributed by atoms with Crippen LogP contribution in [0.1, 0.15) is 24.5 Å². The number of halogens is 3. The Morgan fingerprint density at radius 3 is 2.67 bits per heavy atom. The maximum Gasteiger partial charge on any atom is 0.417 e. The van der Waals surface area contributed by atoms with Crippen LogP contribution >= 0.6 is 0 Å². The molecule has 0 bridgehead atoms. The summed E-state index contributed by atoms with van der Waals surface area (Å²) < 4.78 is 42.6. The first-order valence-electron chi connectivity index (χ1n) is 7.18. The standard InChI is InChI=1S/C16H16F3N3O2/c1-2-7-24-13-5-3-11(14(23)8-13)9-21-22-15-6-4-12(10-20-15)16(17,18)19/h3-6,8-10,23H,2,7H2,1H3,(H,20,22)/b21-9+. The van der Waals surface area contributed by atoms with E-state index in [9.17, 15) is 18.3 Å². The summed E-state index contributed by atoms with van der Waals surface area (Å²) in [7, 11) is 0. The van der Waals surface area contributed by atoms with Gasteiger partial charge in [0.15, 0.2) is 0 Å². The van der Waals surface area contributed by atoms with Crippen LogP contribution in [0, 0.1) is 0 Å². The zero-order chi connectivity index (χ0) is 17.6. The summed E-state index contributed by atoms with van der Waals surface area (Å²) in [4.78, 5) is 3.62. The van der Waals surface area contributed by atoms with Crippen molar-refractivity contribution in [2.75, 3.05) is 12.0 Å². The molecular weight excluding hydrogens is 323 g/mol. The van der Waals surface area contributed by atoms with E-state index in [4.69, 9.17) is 4.74 Å². The fraction of sp³-hybridized carbons (Fsp3) is 0.250. The predicted molar refractivity (Wildman–Crippen MR) is 84.3 cm³/mol. The third-order valence-corrected chi connectivity index (χ3v) is 2.95. The normalized spacial score (nSPS) is 11.7. The summed E-state index contributed by atoms with van der Waals surface area (Å²) >= 11 is 0. The van der Waals surface area contributed by atoms with Gasteiger partial charge in [-0.25, -0.2) is 4.98 Å². The fourth-order valence-electron chi connectivity index (χ4n) is 1.74. The van der Waals surface area contributed by atoms with E-state index in [1.165, 1.54) is 18.3 Å². The van der Waals surface area contributed by atoms with Crippen LogP contribution in [0.25, 0.3) is 0 Å². The molecule has 1 aromatic carbocycles. The van der Waals surface area contributed by atoms with Crippen molar-refractivity contribution in [2.24, 2.45) is 5.10 Å². The number of hydrazone groups is 1. The van der Waals surface area contributed by atoms with Crippen molar-refractivity contribution < 1.29 is 23.0 Å². The molecule has 0 radical (unpaired) electrons. The van der Waals surface area contributed by atoms with Crippen LogP contribution in [0.4, 0.5) is 19.0 Å². The van der Waals surface area contributed by atoms with Gasteiger partial charge >= 0.3 is 6.18 Å². The van der Waals surface area contributed by atoms with Crippen LogP contribution in [-0.4, -0.2) is 22.9 Å². The molecule has 5 nitrogen and oxygen atoms in total. The first-order valence-corrected chi connectivity index (χ1v) is 7.18. The van der Waals surface area contributed by atoms with Gasteiger partial charge in [0.1, 0.15) is 17.3 Å². The number of aromatic nitrogens is 1. The molecule has 0 amide bonds. The van der Waals surface area contributed by atoms with Crippen molar-refractivity contribution in [2.45, 2.75) is 19.5 Å². The van der Waals surface area contributed by atoms with Crippen molar-refractivity contribution in [3.8, 4) is 11.5 Å². The minimum absolute atomic E-state index is 0.0190. The average Bonchev–Trinajstić information content (AvgIpc) is 2.54. The number of nitrogens with zero attached hydrogens (tertiary/aromatic N) is 2. The molecule has 8 heteroatoms. The number of hydrogen-bond donors (Lipinski definition) is 2. The third kappa shape index (κ3) is 4.87. The van der Waals surface area contributed by atoms with E-state index in [2.05, 4.69) is 15.5 Å². The van der Waals surface area contributed by atoms with Crippen LogP contribution in [0.3, 0.4) is 0 Å². The number of alkyl halides is 3. The van der Waals surface area contributed by atoms with E-state index in [0.717, 1.165) is 18.7 Å². The molecule has 2 rings (SSSR count). The topological polar surface area (TPSA) is 66.7 Å². The Balaban J connectivity index is 1.98. The lowest BCUT2D eigenvalue weighted by atomic mass is 10.2. The first kappa shape index (κ1) is 17.6. The Bertz CT molecular complexity index is 701. The van der Waals surface area contributed by atoms with Crippen molar-refractivity contribution in [1.82, 2.24) is 4.98 Å². The summed E-state index contributed by atoms with van der Waals surface area (Å²) in [5.74, 6) is 0.681. The molecule has 2 N–H and O–H groups in total. The number of phenolic OH excluding ortho intramolecular Hbond substituents is 1. The Hall–Kier alpha value is -2.77. The molecule has 0 aliphatic rings. The quantitative estimate of drug-likeness (QED) is 0.616. The van der Waals surface area contributed by atoms with E-state index < -0.39 is 11.7 Å². The smallest absolute Gasteiger partial charge is 0.417 e. The lowest BCUT2D eigenvalue weighted by molar-refractivity contribution is -0.137. The monoisotopic (exact) mass is 339 g/mol. The van der Waals surface area contributed by atoms with Crippen molar-refractivity contribution >= 4 is 12.0 Å². The van der Waals surface area contributed by atoms with Crippen LogP contribution in [0.15, 0.2) is 41.6 Å². The molecule has 0 saturated carbocycles. The molecule has 2 aromatic rings. The third-order valence-electron chi connectivity index (χ3n) is 2.95. The Morgan fingerprint density at radius 2 is 2.08 bits per heavy atom. The summed E-state index contributed by atoms with van der Waals surface area (Å²) in [6.07, 6.45) is -1.52. The second-order valence-corrected chi connectivity index (χ2v) is 4.87. The second-order valence-electron chi connectivity index (χ2n) is 4.87. The largest absolute Gasteiger partial charge is 0.507 e. The minimum Gasteiger partial charge on any atom is -0.507 e. The fourth-order valence-corrected chi connectivity index (χ4v) is 1.74. The van der Waals surface area contributed by atoms with Gasteiger partial charge in [0.25, 0.3) is 0 Å². The Morgan fingerprint density at radius 1 is 1.29 bits per heavy atom. The van der Waals surface area contributed by atoms with Crippen LogP contribution < -0.4 is 10.2 Å². The molecule has 0 unspecified atom stereocenters. The van der Waals surface area contributed by atoms with Gasteiger partial charge in [0.2, 0.25) is 0 Å². The van der Waals surface area contributed by atoms with Crippen molar-refractivity contribution in [1.29, 1.82) is 0 Å². The number of pyridine rings is 1. The number of benzene rings is 1.